The van der Waals surface area contributed by atoms with Crippen LogP contribution in [-0.2, 0) is 16.2 Å². The SMILES string of the molecule is O=C(Cn1cnc2sc(-c3ccccc3)cc2c1=O)ON1C(=O)c2ccccc2C1=O. The minimum atomic E-state index is -0.934. The Kier molecular flexibility index (Phi) is 4.45. The lowest BCUT2D eigenvalue weighted by Crippen LogP contribution is -2.35. The summed E-state index contributed by atoms with van der Waals surface area (Å²) in [5.41, 5.74) is 0.865. The van der Waals surface area contributed by atoms with Crippen LogP contribution in [0.15, 0.2) is 71.8 Å². The van der Waals surface area contributed by atoms with Crippen LogP contribution in [0.25, 0.3) is 20.7 Å². The molecular formula is C22H13N3O5S. The van der Waals surface area contributed by atoms with Gasteiger partial charge in [0, 0.05) is 4.88 Å². The minimum Gasteiger partial charge on any atom is -0.328 e. The molecule has 0 saturated heterocycles. The fraction of sp³-hybridized carbons (Fsp3) is 0.0455. The zero-order chi connectivity index (χ0) is 21.5. The monoisotopic (exact) mass is 431 g/mol. The van der Waals surface area contributed by atoms with Gasteiger partial charge in [0.25, 0.3) is 17.4 Å². The molecule has 2 amide bonds. The van der Waals surface area contributed by atoms with Gasteiger partial charge < -0.3 is 4.84 Å². The highest BCUT2D eigenvalue weighted by atomic mass is 32.1. The highest BCUT2D eigenvalue weighted by molar-refractivity contribution is 7.21. The van der Waals surface area contributed by atoms with Gasteiger partial charge in [-0.3, -0.25) is 19.0 Å². The lowest BCUT2D eigenvalue weighted by atomic mass is 10.1. The summed E-state index contributed by atoms with van der Waals surface area (Å²) >= 11 is 1.37. The fourth-order valence-electron chi connectivity index (χ4n) is 3.34. The van der Waals surface area contributed by atoms with Crippen molar-refractivity contribution in [2.24, 2.45) is 0 Å². The van der Waals surface area contributed by atoms with E-state index in [0.717, 1.165) is 15.0 Å². The van der Waals surface area contributed by atoms with Crippen LogP contribution < -0.4 is 5.56 Å². The third-order valence-electron chi connectivity index (χ3n) is 4.83. The molecule has 1 aliphatic heterocycles. The molecular weight excluding hydrogens is 418 g/mol. The Balaban J connectivity index is 1.38. The summed E-state index contributed by atoms with van der Waals surface area (Å²) in [7, 11) is 0. The lowest BCUT2D eigenvalue weighted by Gasteiger charge is -2.13. The summed E-state index contributed by atoms with van der Waals surface area (Å²) in [6.45, 7) is -0.494. The number of carbonyl (C=O) groups is 3. The van der Waals surface area contributed by atoms with Crippen molar-refractivity contribution < 1.29 is 19.2 Å². The summed E-state index contributed by atoms with van der Waals surface area (Å²) in [5, 5.41) is 0.794. The van der Waals surface area contributed by atoms with Gasteiger partial charge in [-0.2, -0.15) is 0 Å². The fourth-order valence-corrected chi connectivity index (χ4v) is 4.33. The van der Waals surface area contributed by atoms with Crippen LogP contribution in [-0.4, -0.2) is 32.4 Å². The summed E-state index contributed by atoms with van der Waals surface area (Å²) in [5.74, 6) is -2.38. The standard InChI is InChI=1S/C22H13N3O5S/c26-18(30-25-21(28)14-8-4-5-9-15(14)22(25)29)11-24-12-23-19-16(20(24)27)10-17(31-19)13-6-2-1-3-7-13/h1-10,12H,11H2. The number of thiophene rings is 1. The van der Waals surface area contributed by atoms with Crippen molar-refractivity contribution in [2.45, 2.75) is 6.54 Å². The molecule has 2 aromatic heterocycles. The summed E-state index contributed by atoms with van der Waals surface area (Å²) in [6, 6.07) is 17.5. The summed E-state index contributed by atoms with van der Waals surface area (Å²) in [4.78, 5) is 60.5. The highest BCUT2D eigenvalue weighted by Crippen LogP contribution is 2.30. The molecule has 5 rings (SSSR count). The molecule has 0 spiro atoms. The average molecular weight is 431 g/mol. The number of carbonyl (C=O) groups excluding carboxylic acids is 3. The summed E-state index contributed by atoms with van der Waals surface area (Å²) < 4.78 is 1.09. The Morgan fingerprint density at radius 3 is 2.26 bits per heavy atom. The largest absolute Gasteiger partial charge is 0.352 e. The Morgan fingerprint density at radius 1 is 0.935 bits per heavy atom. The number of aromatic nitrogens is 2. The maximum Gasteiger partial charge on any atom is 0.352 e. The van der Waals surface area contributed by atoms with Gasteiger partial charge in [-0.15, -0.1) is 11.3 Å². The normalized spacial score (nSPS) is 13.0. The average Bonchev–Trinajstić information content (AvgIpc) is 3.33. The van der Waals surface area contributed by atoms with Crippen molar-refractivity contribution in [1.29, 1.82) is 0 Å². The van der Waals surface area contributed by atoms with Gasteiger partial charge in [-0.05, 0) is 23.8 Å². The number of fused-ring (bicyclic) bond motifs is 2. The predicted octanol–water partition coefficient (Wildman–Crippen LogP) is 2.88. The first kappa shape index (κ1) is 18.9. The van der Waals surface area contributed by atoms with E-state index in [9.17, 15) is 19.2 Å². The van der Waals surface area contributed by atoms with Gasteiger partial charge in [0.05, 0.1) is 22.8 Å². The van der Waals surface area contributed by atoms with Gasteiger partial charge in [0.2, 0.25) is 0 Å². The van der Waals surface area contributed by atoms with Gasteiger partial charge in [-0.1, -0.05) is 47.5 Å². The predicted molar refractivity (Wildman–Crippen MR) is 112 cm³/mol. The molecule has 8 nitrogen and oxygen atoms in total. The molecule has 0 saturated carbocycles. The topological polar surface area (TPSA) is 98.6 Å². The van der Waals surface area contributed by atoms with E-state index in [1.165, 1.54) is 29.8 Å². The first-order valence-corrected chi connectivity index (χ1v) is 10.1. The zero-order valence-electron chi connectivity index (χ0n) is 15.8. The maximum absolute atomic E-state index is 12.8. The third-order valence-corrected chi connectivity index (χ3v) is 5.92. The van der Waals surface area contributed by atoms with Gasteiger partial charge in [0.15, 0.2) is 0 Å². The number of hydroxylamine groups is 2. The highest BCUT2D eigenvalue weighted by Gasteiger charge is 2.38. The van der Waals surface area contributed by atoms with E-state index >= 15 is 0 Å². The third kappa shape index (κ3) is 3.21. The molecule has 0 fully saturated rings. The molecule has 0 unspecified atom stereocenters. The van der Waals surface area contributed by atoms with E-state index in [1.807, 2.05) is 30.3 Å². The number of amides is 2. The van der Waals surface area contributed by atoms with Crippen LogP contribution in [0, 0.1) is 0 Å². The van der Waals surface area contributed by atoms with Crippen LogP contribution >= 0.6 is 11.3 Å². The molecule has 152 valence electrons. The van der Waals surface area contributed by atoms with Gasteiger partial charge in [0.1, 0.15) is 11.4 Å². The second kappa shape index (κ2) is 7.29. The number of hydrogen-bond acceptors (Lipinski definition) is 7. The Bertz CT molecular complexity index is 1390. The van der Waals surface area contributed by atoms with Crippen LogP contribution in [0.3, 0.4) is 0 Å². The number of hydrogen-bond donors (Lipinski definition) is 0. The van der Waals surface area contributed by atoms with Crippen LogP contribution in [0.2, 0.25) is 0 Å². The van der Waals surface area contributed by atoms with Crippen molar-refractivity contribution >= 4 is 39.3 Å². The molecule has 0 N–H and O–H groups in total. The molecule has 0 aliphatic carbocycles. The van der Waals surface area contributed by atoms with Crippen LogP contribution in [0.5, 0.6) is 0 Å². The second-order valence-corrected chi connectivity index (χ2v) is 7.82. The van der Waals surface area contributed by atoms with Crippen molar-refractivity contribution in [2.75, 3.05) is 0 Å². The van der Waals surface area contributed by atoms with E-state index < -0.39 is 29.9 Å². The Hall–Kier alpha value is -4.11. The number of rotatable bonds is 4. The Labute approximate surface area is 178 Å². The van der Waals surface area contributed by atoms with Gasteiger partial charge >= 0.3 is 5.97 Å². The molecule has 2 aromatic carbocycles. The quantitative estimate of drug-likeness (QED) is 0.461. The van der Waals surface area contributed by atoms with Crippen LogP contribution in [0.4, 0.5) is 0 Å². The molecule has 0 radical (unpaired) electrons. The van der Waals surface area contributed by atoms with E-state index in [0.29, 0.717) is 15.3 Å². The van der Waals surface area contributed by atoms with E-state index in [1.54, 1.807) is 18.2 Å². The smallest absolute Gasteiger partial charge is 0.328 e. The molecule has 0 bridgehead atoms. The van der Waals surface area contributed by atoms with Crippen molar-refractivity contribution in [3.05, 3.63) is 88.5 Å². The lowest BCUT2D eigenvalue weighted by molar-refractivity contribution is -0.169. The zero-order valence-corrected chi connectivity index (χ0v) is 16.7. The molecule has 1 aliphatic rings. The van der Waals surface area contributed by atoms with E-state index in [2.05, 4.69) is 4.98 Å². The van der Waals surface area contributed by atoms with Crippen LogP contribution in [0.1, 0.15) is 20.7 Å². The summed E-state index contributed by atoms with van der Waals surface area (Å²) in [6.07, 6.45) is 1.25. The first-order valence-electron chi connectivity index (χ1n) is 9.26. The van der Waals surface area contributed by atoms with Crippen molar-refractivity contribution in [1.82, 2.24) is 14.6 Å². The molecule has 31 heavy (non-hydrogen) atoms. The number of imide groups is 1. The first-order chi connectivity index (χ1) is 15.0. The second-order valence-electron chi connectivity index (χ2n) is 6.79. The molecule has 3 heterocycles. The Morgan fingerprint density at radius 2 is 1.58 bits per heavy atom. The van der Waals surface area contributed by atoms with Gasteiger partial charge in [-0.25, -0.2) is 9.78 Å². The molecule has 9 heteroatoms. The van der Waals surface area contributed by atoms with E-state index in [-0.39, 0.29) is 11.1 Å². The van der Waals surface area contributed by atoms with Crippen molar-refractivity contribution in [3.8, 4) is 10.4 Å². The number of benzene rings is 2. The molecule has 4 aromatic rings. The van der Waals surface area contributed by atoms with Crippen molar-refractivity contribution in [3.63, 3.8) is 0 Å². The maximum atomic E-state index is 12.8. The van der Waals surface area contributed by atoms with E-state index in [4.69, 9.17) is 4.84 Å². The molecule has 0 atom stereocenters. The minimum absolute atomic E-state index is 0.160. The number of nitrogens with zero attached hydrogens (tertiary/aromatic N) is 3.